The molecule has 0 aliphatic carbocycles. The molecule has 4 aromatic carbocycles. The molecule has 0 radical (unpaired) electrons. The summed E-state index contributed by atoms with van der Waals surface area (Å²) in [5, 5.41) is 15.5. The Bertz CT molecular complexity index is 2070. The van der Waals surface area contributed by atoms with Gasteiger partial charge in [0.05, 0.1) is 21.6 Å². The molecule has 2 N–H and O–H groups in total. The zero-order valence-electron chi connectivity index (χ0n) is 23.2. The van der Waals surface area contributed by atoms with E-state index in [0.717, 1.165) is 38.8 Å². The second-order valence-corrected chi connectivity index (χ2v) is 12.6. The molecule has 1 fully saturated rings. The van der Waals surface area contributed by atoms with E-state index in [1.54, 1.807) is 24.3 Å². The van der Waals surface area contributed by atoms with Crippen LogP contribution in [0.5, 0.6) is 5.75 Å². The van der Waals surface area contributed by atoms with Gasteiger partial charge in [0, 0.05) is 39.6 Å². The number of anilines is 2. The van der Waals surface area contributed by atoms with E-state index in [9.17, 15) is 29.3 Å². The van der Waals surface area contributed by atoms with Crippen LogP contribution in [0, 0.1) is 16.0 Å². The number of nitro benzene ring substituents is 1. The number of nitro groups is 1. The first-order valence-corrected chi connectivity index (χ1v) is 15.5. The predicted molar refractivity (Wildman–Crippen MR) is 170 cm³/mol. The largest absolute Gasteiger partial charge is 0.483 e. The molecular formula is C32H22N4O7S2. The number of benzene rings is 4. The van der Waals surface area contributed by atoms with Crippen LogP contribution in [0.1, 0.15) is 16.4 Å². The number of hydrogen-bond acceptors (Lipinski definition) is 9. The minimum atomic E-state index is -0.897. The molecule has 3 atom stereocenters. The fraction of sp³-hybridized carbons (Fsp3) is 0.125. The lowest BCUT2D eigenvalue weighted by Gasteiger charge is -2.30. The van der Waals surface area contributed by atoms with Gasteiger partial charge in [0.15, 0.2) is 6.61 Å². The van der Waals surface area contributed by atoms with Gasteiger partial charge in [-0.1, -0.05) is 77.7 Å². The maximum atomic E-state index is 14.0. The van der Waals surface area contributed by atoms with Gasteiger partial charge in [-0.3, -0.25) is 29.3 Å². The molecule has 2 aliphatic rings. The predicted octanol–water partition coefficient (Wildman–Crippen LogP) is 5.31. The van der Waals surface area contributed by atoms with Gasteiger partial charge in [-0.2, -0.15) is 0 Å². The Balaban J connectivity index is 1.20. The van der Waals surface area contributed by atoms with Gasteiger partial charge in [0.25, 0.3) is 11.6 Å². The van der Waals surface area contributed by atoms with Crippen LogP contribution in [0.25, 0.3) is 10.8 Å². The van der Waals surface area contributed by atoms with Crippen molar-refractivity contribution in [3.05, 3.63) is 121 Å². The Labute approximate surface area is 263 Å². The van der Waals surface area contributed by atoms with E-state index >= 15 is 0 Å². The number of nitrogens with zero attached hydrogens (tertiary/aromatic N) is 2. The zero-order valence-corrected chi connectivity index (χ0v) is 24.8. The SMILES string of the molecule is O=C(COc1ccccc1[C@H]1c2sc(=O)[nH]c2SC2C(=O)N(c3ccc([N+](=O)[O-])cc3)C(=O)C21)Nc1cccc2ccccc12. The summed E-state index contributed by atoms with van der Waals surface area (Å²) in [7, 11) is 0. The number of fused-ring (bicyclic) bond motifs is 3. The van der Waals surface area contributed by atoms with Crippen molar-refractivity contribution < 1.29 is 24.0 Å². The average molecular weight is 639 g/mol. The average Bonchev–Trinajstić information content (AvgIpc) is 3.54. The summed E-state index contributed by atoms with van der Waals surface area (Å²) in [6.07, 6.45) is 0. The summed E-state index contributed by atoms with van der Waals surface area (Å²) in [4.78, 5) is 68.0. The molecule has 11 nitrogen and oxygen atoms in total. The number of aromatic amines is 1. The van der Waals surface area contributed by atoms with Crippen LogP contribution >= 0.6 is 23.1 Å². The highest BCUT2D eigenvalue weighted by Crippen LogP contribution is 2.54. The van der Waals surface area contributed by atoms with E-state index < -0.39 is 33.8 Å². The first-order valence-electron chi connectivity index (χ1n) is 13.8. The number of rotatable bonds is 7. The molecule has 0 saturated carbocycles. The number of ether oxygens (including phenoxy) is 1. The number of carbonyl (C=O) groups excluding carboxylic acids is 3. The topological polar surface area (TPSA) is 152 Å². The van der Waals surface area contributed by atoms with Crippen LogP contribution in [0.15, 0.2) is 101 Å². The third-order valence-electron chi connectivity index (χ3n) is 7.82. The van der Waals surface area contributed by atoms with Gasteiger partial charge in [-0.05, 0) is 29.7 Å². The van der Waals surface area contributed by atoms with Crippen molar-refractivity contribution in [2.75, 3.05) is 16.8 Å². The third kappa shape index (κ3) is 5.05. The molecule has 13 heteroatoms. The number of hydrogen-bond donors (Lipinski definition) is 2. The summed E-state index contributed by atoms with van der Waals surface area (Å²) in [5.74, 6) is -2.66. The minimum absolute atomic E-state index is 0.169. The van der Waals surface area contributed by atoms with Crippen LogP contribution in [-0.4, -0.2) is 39.5 Å². The van der Waals surface area contributed by atoms with Crippen LogP contribution in [0.4, 0.5) is 17.1 Å². The second-order valence-electron chi connectivity index (χ2n) is 10.4. The van der Waals surface area contributed by atoms with Gasteiger partial charge in [-0.15, -0.1) is 0 Å². The number of imide groups is 1. The fourth-order valence-electron chi connectivity index (χ4n) is 5.86. The van der Waals surface area contributed by atoms with Crippen molar-refractivity contribution >= 4 is 68.7 Å². The first-order chi connectivity index (χ1) is 21.8. The molecule has 224 valence electrons. The van der Waals surface area contributed by atoms with Gasteiger partial charge in [-0.25, -0.2) is 4.90 Å². The minimum Gasteiger partial charge on any atom is -0.483 e. The summed E-state index contributed by atoms with van der Waals surface area (Å²) in [6.45, 7) is -0.326. The third-order valence-corrected chi connectivity index (χ3v) is 10.2. The van der Waals surface area contributed by atoms with Crippen molar-refractivity contribution in [2.45, 2.75) is 16.2 Å². The maximum Gasteiger partial charge on any atom is 0.305 e. The summed E-state index contributed by atoms with van der Waals surface area (Å²) in [6, 6.07) is 25.5. The van der Waals surface area contributed by atoms with Crippen molar-refractivity contribution in [3.8, 4) is 5.75 Å². The van der Waals surface area contributed by atoms with E-state index in [0.29, 0.717) is 26.9 Å². The highest BCUT2D eigenvalue weighted by atomic mass is 32.2. The van der Waals surface area contributed by atoms with E-state index in [2.05, 4.69) is 10.3 Å². The molecule has 5 aromatic rings. The summed E-state index contributed by atoms with van der Waals surface area (Å²) >= 11 is 2.08. The van der Waals surface area contributed by atoms with Crippen molar-refractivity contribution in [2.24, 2.45) is 5.92 Å². The number of carbonyl (C=O) groups is 3. The Morgan fingerprint density at radius 2 is 1.67 bits per heavy atom. The Hall–Kier alpha value is -5.27. The first kappa shape index (κ1) is 28.5. The number of thioether (sulfide) groups is 1. The number of H-pyrrole nitrogens is 1. The lowest BCUT2D eigenvalue weighted by molar-refractivity contribution is -0.384. The monoisotopic (exact) mass is 638 g/mol. The number of para-hydroxylation sites is 1. The molecule has 2 aliphatic heterocycles. The summed E-state index contributed by atoms with van der Waals surface area (Å²) < 4.78 is 6.04. The zero-order chi connectivity index (χ0) is 31.2. The normalized spacial score (nSPS) is 18.8. The van der Waals surface area contributed by atoms with Gasteiger partial charge < -0.3 is 15.0 Å². The van der Waals surface area contributed by atoms with Gasteiger partial charge in [0.2, 0.25) is 11.8 Å². The van der Waals surface area contributed by atoms with Crippen LogP contribution in [-0.2, 0) is 14.4 Å². The number of amides is 3. The lowest BCUT2D eigenvalue weighted by Crippen LogP contribution is -2.32. The molecular weight excluding hydrogens is 617 g/mol. The van der Waals surface area contributed by atoms with Crippen LogP contribution in [0.3, 0.4) is 0 Å². The standard InChI is InChI=1S/C32H22N4O7S2/c37-24(33-22-10-5-7-17-6-1-2-8-20(17)22)16-43-23-11-4-3-9-21(23)25-26-28(44-29-27(25)45-32(40)34-29)31(39)35(30(26)38)18-12-14-19(15-13-18)36(41)42/h1-15,25-26,28H,16H2,(H,33,37)(H,34,40)/t25-,26?,28?/m1/s1. The molecule has 3 heterocycles. The molecule has 45 heavy (non-hydrogen) atoms. The highest BCUT2D eigenvalue weighted by Gasteiger charge is 2.56. The quantitative estimate of drug-likeness (QED) is 0.138. The fourth-order valence-corrected chi connectivity index (χ4v) is 8.37. The number of non-ortho nitro benzene ring substituents is 1. The maximum absolute atomic E-state index is 14.0. The molecule has 1 aromatic heterocycles. The Morgan fingerprint density at radius 1 is 0.933 bits per heavy atom. The molecule has 0 spiro atoms. The number of nitrogens with one attached hydrogen (secondary N) is 2. The molecule has 2 unspecified atom stereocenters. The Kier molecular flexibility index (Phi) is 7.18. The molecule has 1 saturated heterocycles. The molecule has 7 rings (SSSR count). The highest BCUT2D eigenvalue weighted by molar-refractivity contribution is 8.00. The van der Waals surface area contributed by atoms with Crippen LogP contribution < -0.4 is 19.8 Å². The lowest BCUT2D eigenvalue weighted by atomic mass is 9.82. The van der Waals surface area contributed by atoms with Gasteiger partial charge in [0.1, 0.15) is 11.0 Å². The molecule has 0 bridgehead atoms. The second kappa shape index (κ2) is 11.3. The van der Waals surface area contributed by atoms with Gasteiger partial charge >= 0.3 is 4.87 Å². The van der Waals surface area contributed by atoms with Crippen molar-refractivity contribution in [1.29, 1.82) is 0 Å². The molecule has 3 amide bonds. The van der Waals surface area contributed by atoms with E-state index in [-0.39, 0.29) is 28.8 Å². The number of thiazole rings is 1. The Morgan fingerprint density at radius 3 is 2.47 bits per heavy atom. The van der Waals surface area contributed by atoms with Crippen molar-refractivity contribution in [3.63, 3.8) is 0 Å². The van der Waals surface area contributed by atoms with Crippen LogP contribution in [0.2, 0.25) is 0 Å². The van der Waals surface area contributed by atoms with E-state index in [1.165, 1.54) is 24.3 Å². The van der Waals surface area contributed by atoms with E-state index in [4.69, 9.17) is 4.74 Å². The van der Waals surface area contributed by atoms with E-state index in [1.807, 2.05) is 42.5 Å². The summed E-state index contributed by atoms with van der Waals surface area (Å²) in [5.41, 5.74) is 1.24. The number of aromatic nitrogens is 1. The smallest absolute Gasteiger partial charge is 0.305 e. The van der Waals surface area contributed by atoms with Crippen molar-refractivity contribution in [1.82, 2.24) is 4.98 Å².